The number of rotatable bonds is 4. The highest BCUT2D eigenvalue weighted by atomic mass is 16.5. The minimum atomic E-state index is -0.0256. The summed E-state index contributed by atoms with van der Waals surface area (Å²) in [5.41, 5.74) is 3.74. The molecule has 0 fully saturated rings. The lowest BCUT2D eigenvalue weighted by atomic mass is 10.1. The largest absolute Gasteiger partial charge is 0.487 e. The van der Waals surface area contributed by atoms with Crippen LogP contribution in [0.4, 0.5) is 0 Å². The minimum Gasteiger partial charge on any atom is -0.487 e. The third kappa shape index (κ3) is 3.03. The number of aryl methyl sites for hydroxylation is 1. The van der Waals surface area contributed by atoms with Crippen molar-refractivity contribution in [1.82, 2.24) is 4.98 Å². The number of benzene rings is 2. The molecule has 3 nitrogen and oxygen atoms in total. The fraction of sp³-hybridized carbons (Fsp3) is 0.167. The summed E-state index contributed by atoms with van der Waals surface area (Å²) in [6.45, 7) is 2.36. The smallest absolute Gasteiger partial charge is 0.130 e. The summed E-state index contributed by atoms with van der Waals surface area (Å²) in [6.07, 6.45) is 0. The molecule has 1 heterocycles. The Balaban J connectivity index is 1.80. The van der Waals surface area contributed by atoms with Crippen LogP contribution in [-0.2, 0) is 13.2 Å². The van der Waals surface area contributed by atoms with Gasteiger partial charge in [-0.25, -0.2) is 4.98 Å². The molecule has 1 N–H and O–H groups in total. The zero-order valence-corrected chi connectivity index (χ0v) is 11.9. The van der Waals surface area contributed by atoms with Crippen LogP contribution in [-0.4, -0.2) is 10.1 Å². The first-order chi connectivity index (χ1) is 10.3. The molecular weight excluding hydrogens is 262 g/mol. The Labute approximate surface area is 123 Å². The molecule has 0 amide bonds. The van der Waals surface area contributed by atoms with Gasteiger partial charge in [-0.05, 0) is 25.1 Å². The number of pyridine rings is 1. The maximum atomic E-state index is 9.39. The summed E-state index contributed by atoms with van der Waals surface area (Å²) < 4.78 is 5.80. The summed E-state index contributed by atoms with van der Waals surface area (Å²) in [5.74, 6) is 0.707. The molecule has 1 aromatic heterocycles. The molecule has 3 rings (SSSR count). The van der Waals surface area contributed by atoms with Crippen LogP contribution in [0.15, 0.2) is 54.6 Å². The number of aliphatic hydroxyl groups is 1. The topological polar surface area (TPSA) is 42.4 Å². The van der Waals surface area contributed by atoms with Crippen LogP contribution in [0.3, 0.4) is 0 Å². The highest BCUT2D eigenvalue weighted by Crippen LogP contribution is 2.21. The molecule has 0 saturated heterocycles. The third-order valence-electron chi connectivity index (χ3n) is 3.42. The van der Waals surface area contributed by atoms with E-state index in [2.05, 4.69) is 4.98 Å². The first-order valence-electron chi connectivity index (χ1n) is 6.94. The van der Waals surface area contributed by atoms with Crippen molar-refractivity contribution < 1.29 is 9.84 Å². The highest BCUT2D eigenvalue weighted by molar-refractivity contribution is 5.78. The van der Waals surface area contributed by atoms with Gasteiger partial charge in [0.05, 0.1) is 17.8 Å². The van der Waals surface area contributed by atoms with Crippen LogP contribution >= 0.6 is 0 Å². The number of aliphatic hydroxyl groups excluding tert-OH is 1. The lowest BCUT2D eigenvalue weighted by Gasteiger charge is -2.11. The van der Waals surface area contributed by atoms with Crippen molar-refractivity contribution in [1.29, 1.82) is 0 Å². The van der Waals surface area contributed by atoms with Gasteiger partial charge in [0.15, 0.2) is 0 Å². The molecule has 106 valence electrons. The van der Waals surface area contributed by atoms with Gasteiger partial charge in [0.25, 0.3) is 0 Å². The van der Waals surface area contributed by atoms with Crippen molar-refractivity contribution in [2.75, 3.05) is 0 Å². The van der Waals surface area contributed by atoms with Crippen LogP contribution in [0.1, 0.15) is 16.8 Å². The second kappa shape index (κ2) is 5.94. The standard InChI is InChI=1S/C18H17NO2/c1-13-6-9-18(15(10-13)11-20)21-12-16-8-7-14-4-2-3-5-17(14)19-16/h2-10,20H,11-12H2,1H3. The quantitative estimate of drug-likeness (QED) is 0.793. The third-order valence-corrected chi connectivity index (χ3v) is 3.42. The number of hydrogen-bond acceptors (Lipinski definition) is 3. The van der Waals surface area contributed by atoms with Crippen molar-refractivity contribution in [2.45, 2.75) is 20.1 Å². The fourth-order valence-corrected chi connectivity index (χ4v) is 2.31. The number of hydrogen-bond donors (Lipinski definition) is 1. The minimum absolute atomic E-state index is 0.0256. The predicted octanol–water partition coefficient (Wildman–Crippen LogP) is 3.61. The van der Waals surface area contributed by atoms with E-state index in [4.69, 9.17) is 4.74 Å². The Bertz CT molecular complexity index is 768. The molecule has 0 aliphatic carbocycles. The first-order valence-corrected chi connectivity index (χ1v) is 6.94. The molecule has 0 saturated carbocycles. The van der Waals surface area contributed by atoms with Crippen LogP contribution in [0, 0.1) is 6.92 Å². The van der Waals surface area contributed by atoms with E-state index >= 15 is 0 Å². The Kier molecular flexibility index (Phi) is 3.84. The molecule has 3 heteroatoms. The molecule has 0 aliphatic heterocycles. The molecule has 2 aromatic carbocycles. The lowest BCUT2D eigenvalue weighted by Crippen LogP contribution is -2.01. The summed E-state index contributed by atoms with van der Waals surface area (Å²) in [4.78, 5) is 4.58. The van der Waals surface area contributed by atoms with Gasteiger partial charge in [-0.2, -0.15) is 0 Å². The maximum absolute atomic E-state index is 9.39. The Morgan fingerprint density at radius 2 is 1.90 bits per heavy atom. The summed E-state index contributed by atoms with van der Waals surface area (Å²) in [5, 5.41) is 10.5. The summed E-state index contributed by atoms with van der Waals surface area (Å²) in [6, 6.07) is 17.8. The van der Waals surface area contributed by atoms with E-state index in [9.17, 15) is 5.11 Å². The zero-order chi connectivity index (χ0) is 14.7. The molecule has 0 aliphatic rings. The van der Waals surface area contributed by atoms with E-state index in [0.717, 1.165) is 27.7 Å². The van der Waals surface area contributed by atoms with Crippen molar-refractivity contribution in [3.63, 3.8) is 0 Å². The highest BCUT2D eigenvalue weighted by Gasteiger charge is 2.05. The number of aromatic nitrogens is 1. The van der Waals surface area contributed by atoms with Gasteiger partial charge >= 0.3 is 0 Å². The molecule has 0 spiro atoms. The fourth-order valence-electron chi connectivity index (χ4n) is 2.31. The Morgan fingerprint density at radius 3 is 2.76 bits per heavy atom. The van der Waals surface area contributed by atoms with Crippen LogP contribution in [0.5, 0.6) is 5.75 Å². The average Bonchev–Trinajstić information content (AvgIpc) is 2.53. The van der Waals surface area contributed by atoms with Gasteiger partial charge in [0, 0.05) is 10.9 Å². The molecule has 3 aromatic rings. The lowest BCUT2D eigenvalue weighted by molar-refractivity contribution is 0.257. The predicted molar refractivity (Wildman–Crippen MR) is 83.2 cm³/mol. The van der Waals surface area contributed by atoms with Gasteiger partial charge in [-0.15, -0.1) is 0 Å². The second-order valence-corrected chi connectivity index (χ2v) is 5.05. The average molecular weight is 279 g/mol. The van der Waals surface area contributed by atoms with Gasteiger partial charge < -0.3 is 9.84 Å². The molecule has 0 atom stereocenters. The first kappa shape index (κ1) is 13.6. The molecule has 0 bridgehead atoms. The van der Waals surface area contributed by atoms with E-state index in [1.54, 1.807) is 0 Å². The number of ether oxygens (including phenoxy) is 1. The zero-order valence-electron chi connectivity index (χ0n) is 11.9. The van der Waals surface area contributed by atoms with Crippen LogP contribution < -0.4 is 4.74 Å². The molecule has 21 heavy (non-hydrogen) atoms. The van der Waals surface area contributed by atoms with Crippen LogP contribution in [0.2, 0.25) is 0 Å². The SMILES string of the molecule is Cc1ccc(OCc2ccc3ccccc3n2)c(CO)c1. The van der Waals surface area contributed by atoms with Gasteiger partial charge in [0.1, 0.15) is 12.4 Å². The maximum Gasteiger partial charge on any atom is 0.130 e. The van der Waals surface area contributed by atoms with Crippen molar-refractivity contribution >= 4 is 10.9 Å². The van der Waals surface area contributed by atoms with Gasteiger partial charge in [-0.1, -0.05) is 42.0 Å². The second-order valence-electron chi connectivity index (χ2n) is 5.05. The monoisotopic (exact) mass is 279 g/mol. The van der Waals surface area contributed by atoms with Crippen molar-refractivity contribution in [2.24, 2.45) is 0 Å². The van der Waals surface area contributed by atoms with Gasteiger partial charge in [0.2, 0.25) is 0 Å². The Hall–Kier alpha value is -2.39. The molecule has 0 radical (unpaired) electrons. The number of para-hydroxylation sites is 1. The molecular formula is C18H17NO2. The van der Waals surface area contributed by atoms with E-state index in [-0.39, 0.29) is 6.61 Å². The normalized spacial score (nSPS) is 10.8. The van der Waals surface area contributed by atoms with Crippen molar-refractivity contribution in [3.8, 4) is 5.75 Å². The Morgan fingerprint density at radius 1 is 1.05 bits per heavy atom. The van der Waals surface area contributed by atoms with Crippen molar-refractivity contribution in [3.05, 3.63) is 71.4 Å². The number of nitrogens with zero attached hydrogens (tertiary/aromatic N) is 1. The van der Waals surface area contributed by atoms with E-state index in [1.807, 2.05) is 61.5 Å². The summed E-state index contributed by atoms with van der Waals surface area (Å²) in [7, 11) is 0. The molecule has 0 unspecified atom stereocenters. The number of fused-ring (bicyclic) bond motifs is 1. The van der Waals surface area contributed by atoms with Gasteiger partial charge in [-0.3, -0.25) is 0 Å². The van der Waals surface area contributed by atoms with E-state index < -0.39 is 0 Å². The van der Waals surface area contributed by atoms with E-state index in [0.29, 0.717) is 12.4 Å². The van der Waals surface area contributed by atoms with Crippen LogP contribution in [0.25, 0.3) is 10.9 Å². The van der Waals surface area contributed by atoms with E-state index in [1.165, 1.54) is 0 Å². The summed E-state index contributed by atoms with van der Waals surface area (Å²) >= 11 is 0.